The van der Waals surface area contributed by atoms with Crippen molar-refractivity contribution in [3.63, 3.8) is 0 Å². The summed E-state index contributed by atoms with van der Waals surface area (Å²) in [7, 11) is 0. The molecule has 0 saturated heterocycles. The number of aromatic nitrogens is 1. The van der Waals surface area contributed by atoms with Crippen molar-refractivity contribution in [1.82, 2.24) is 4.98 Å². The van der Waals surface area contributed by atoms with Crippen LogP contribution < -0.4 is 0 Å². The minimum atomic E-state index is -0.713. The standard InChI is InChI=1S/C25H26FN/c1-3-7-20-10-12-23-17-24(14-13-22(23)16-20)25-15-11-21(18-27-25)9-6-4-5-8-19(2)26/h3,6,9-19H,1,4-5,7-8H2,2H3/b9-6+. The molecule has 2 heteroatoms. The number of alkyl halides is 1. The number of halogens is 1. The molecule has 0 saturated carbocycles. The van der Waals surface area contributed by atoms with E-state index in [1.807, 2.05) is 12.3 Å². The maximum absolute atomic E-state index is 12.8. The predicted octanol–water partition coefficient (Wildman–Crippen LogP) is 7.17. The summed E-state index contributed by atoms with van der Waals surface area (Å²) < 4.78 is 12.8. The van der Waals surface area contributed by atoms with E-state index in [1.165, 1.54) is 16.3 Å². The fraction of sp³-hybridized carbons (Fsp3) is 0.240. The fourth-order valence-electron chi connectivity index (χ4n) is 3.16. The van der Waals surface area contributed by atoms with Crippen molar-refractivity contribution in [1.29, 1.82) is 0 Å². The summed E-state index contributed by atoms with van der Waals surface area (Å²) in [5, 5.41) is 2.45. The number of benzene rings is 2. The molecule has 0 fully saturated rings. The van der Waals surface area contributed by atoms with Crippen LogP contribution >= 0.6 is 0 Å². The highest BCUT2D eigenvalue weighted by Gasteiger charge is 2.02. The Hall–Kier alpha value is -2.74. The summed E-state index contributed by atoms with van der Waals surface area (Å²) in [5.41, 5.74) is 4.43. The maximum atomic E-state index is 12.8. The summed E-state index contributed by atoms with van der Waals surface area (Å²) in [6, 6.07) is 17.1. The zero-order valence-corrected chi connectivity index (χ0v) is 15.9. The highest BCUT2D eigenvalue weighted by atomic mass is 19.1. The van der Waals surface area contributed by atoms with Crippen molar-refractivity contribution < 1.29 is 4.39 Å². The lowest BCUT2D eigenvalue weighted by molar-refractivity contribution is 0.335. The van der Waals surface area contributed by atoms with Gasteiger partial charge in [0.2, 0.25) is 0 Å². The van der Waals surface area contributed by atoms with Crippen LogP contribution in [-0.2, 0) is 6.42 Å². The second-order valence-corrected chi connectivity index (χ2v) is 6.98. The number of hydrogen-bond acceptors (Lipinski definition) is 1. The Morgan fingerprint density at radius 1 is 1.07 bits per heavy atom. The average Bonchev–Trinajstić information content (AvgIpc) is 2.68. The fourth-order valence-corrected chi connectivity index (χ4v) is 3.16. The normalized spacial score (nSPS) is 12.5. The van der Waals surface area contributed by atoms with Crippen LogP contribution in [0.25, 0.3) is 28.1 Å². The lowest BCUT2D eigenvalue weighted by Gasteiger charge is -2.06. The molecule has 1 unspecified atom stereocenters. The number of pyridine rings is 1. The largest absolute Gasteiger partial charge is 0.256 e. The molecule has 1 atom stereocenters. The van der Waals surface area contributed by atoms with Crippen LogP contribution in [0.2, 0.25) is 0 Å². The number of allylic oxidation sites excluding steroid dienone is 2. The SMILES string of the molecule is C=CCc1ccc2cc(-c3ccc(/C=C/CCCC(C)F)cn3)ccc2c1. The van der Waals surface area contributed by atoms with Gasteiger partial charge in [0.15, 0.2) is 0 Å². The molecule has 0 aliphatic carbocycles. The Morgan fingerprint density at radius 3 is 2.63 bits per heavy atom. The van der Waals surface area contributed by atoms with Crippen LogP contribution in [0.4, 0.5) is 4.39 Å². The third-order valence-electron chi connectivity index (χ3n) is 4.65. The van der Waals surface area contributed by atoms with Gasteiger partial charge in [0.25, 0.3) is 0 Å². The first-order valence-corrected chi connectivity index (χ1v) is 9.56. The first-order valence-electron chi connectivity index (χ1n) is 9.56. The van der Waals surface area contributed by atoms with Gasteiger partial charge in [-0.15, -0.1) is 6.58 Å². The van der Waals surface area contributed by atoms with Crippen molar-refractivity contribution in [2.45, 2.75) is 38.8 Å². The van der Waals surface area contributed by atoms with E-state index in [1.54, 1.807) is 6.92 Å². The Kier molecular flexibility index (Phi) is 6.54. The third kappa shape index (κ3) is 5.37. The van der Waals surface area contributed by atoms with Gasteiger partial charge in [0, 0.05) is 11.8 Å². The molecule has 2 aromatic carbocycles. The lowest BCUT2D eigenvalue weighted by atomic mass is 10.0. The minimum absolute atomic E-state index is 0.624. The zero-order valence-electron chi connectivity index (χ0n) is 15.9. The molecule has 0 bridgehead atoms. The number of unbranched alkanes of at least 4 members (excludes halogenated alkanes) is 1. The van der Waals surface area contributed by atoms with Gasteiger partial charge in [-0.25, -0.2) is 4.39 Å². The van der Waals surface area contributed by atoms with Crippen LogP contribution in [-0.4, -0.2) is 11.2 Å². The summed E-state index contributed by atoms with van der Waals surface area (Å²) >= 11 is 0. The lowest BCUT2D eigenvalue weighted by Crippen LogP contribution is -1.90. The van der Waals surface area contributed by atoms with Gasteiger partial charge < -0.3 is 0 Å². The number of rotatable bonds is 8. The van der Waals surface area contributed by atoms with Gasteiger partial charge in [-0.1, -0.05) is 54.6 Å². The van der Waals surface area contributed by atoms with Gasteiger partial charge >= 0.3 is 0 Å². The summed E-state index contributed by atoms with van der Waals surface area (Å²) in [5.74, 6) is 0. The molecular formula is C25H26FN. The van der Waals surface area contributed by atoms with Crippen molar-refractivity contribution >= 4 is 16.8 Å². The van der Waals surface area contributed by atoms with E-state index >= 15 is 0 Å². The van der Waals surface area contributed by atoms with E-state index < -0.39 is 6.17 Å². The van der Waals surface area contributed by atoms with Crippen molar-refractivity contribution in [2.24, 2.45) is 0 Å². The quantitative estimate of drug-likeness (QED) is 0.307. The average molecular weight is 359 g/mol. The second kappa shape index (κ2) is 9.27. The molecule has 0 N–H and O–H groups in total. The van der Waals surface area contributed by atoms with Gasteiger partial charge in [-0.2, -0.15) is 0 Å². The number of nitrogens with zero attached hydrogens (tertiary/aromatic N) is 1. The molecule has 3 rings (SSSR count). The van der Waals surface area contributed by atoms with Crippen molar-refractivity contribution in [3.05, 3.63) is 84.6 Å². The van der Waals surface area contributed by atoms with E-state index in [-0.39, 0.29) is 0 Å². The van der Waals surface area contributed by atoms with E-state index in [9.17, 15) is 4.39 Å². The van der Waals surface area contributed by atoms with Gasteiger partial charge in [-0.3, -0.25) is 4.98 Å². The van der Waals surface area contributed by atoms with Gasteiger partial charge in [0.05, 0.1) is 11.9 Å². The monoisotopic (exact) mass is 359 g/mol. The van der Waals surface area contributed by atoms with Gasteiger partial charge in [-0.05, 0) is 66.6 Å². The summed E-state index contributed by atoms with van der Waals surface area (Å²) in [6.45, 7) is 5.41. The van der Waals surface area contributed by atoms with Crippen LogP contribution in [0.1, 0.15) is 37.3 Å². The highest BCUT2D eigenvalue weighted by Crippen LogP contribution is 2.24. The molecule has 138 valence electrons. The van der Waals surface area contributed by atoms with Gasteiger partial charge in [0.1, 0.15) is 0 Å². The number of fused-ring (bicyclic) bond motifs is 1. The van der Waals surface area contributed by atoms with Crippen LogP contribution in [0.15, 0.2) is 73.5 Å². The first kappa shape index (κ1) is 19.0. The first-order chi connectivity index (χ1) is 13.2. The second-order valence-electron chi connectivity index (χ2n) is 6.98. The Morgan fingerprint density at radius 2 is 1.89 bits per heavy atom. The molecule has 27 heavy (non-hydrogen) atoms. The molecule has 0 spiro atoms. The van der Waals surface area contributed by atoms with E-state index in [0.29, 0.717) is 6.42 Å². The van der Waals surface area contributed by atoms with Crippen LogP contribution in [0.5, 0.6) is 0 Å². The third-order valence-corrected chi connectivity index (χ3v) is 4.65. The maximum Gasteiger partial charge on any atom is 0.0973 e. The topological polar surface area (TPSA) is 12.9 Å². The van der Waals surface area contributed by atoms with E-state index in [4.69, 9.17) is 0 Å². The highest BCUT2D eigenvalue weighted by molar-refractivity contribution is 5.87. The van der Waals surface area contributed by atoms with E-state index in [0.717, 1.165) is 36.1 Å². The molecule has 0 radical (unpaired) electrons. The summed E-state index contributed by atoms with van der Waals surface area (Å²) in [6.07, 6.45) is 10.5. The van der Waals surface area contributed by atoms with Crippen molar-refractivity contribution in [2.75, 3.05) is 0 Å². The van der Waals surface area contributed by atoms with E-state index in [2.05, 4.69) is 72.2 Å². The minimum Gasteiger partial charge on any atom is -0.256 e. The van der Waals surface area contributed by atoms with Crippen LogP contribution in [0, 0.1) is 0 Å². The Labute approximate surface area is 161 Å². The molecule has 1 aromatic heterocycles. The molecule has 0 amide bonds. The number of hydrogen-bond donors (Lipinski definition) is 0. The van der Waals surface area contributed by atoms with Crippen LogP contribution in [0.3, 0.4) is 0 Å². The molecule has 1 heterocycles. The zero-order chi connectivity index (χ0) is 19.1. The molecule has 0 aliphatic heterocycles. The molecular weight excluding hydrogens is 333 g/mol. The Balaban J connectivity index is 1.70. The summed E-state index contributed by atoms with van der Waals surface area (Å²) in [4.78, 5) is 4.61. The molecule has 3 aromatic rings. The van der Waals surface area contributed by atoms with Crippen molar-refractivity contribution in [3.8, 4) is 11.3 Å². The molecule has 0 aliphatic rings. The molecule has 1 nitrogen and oxygen atoms in total. The smallest absolute Gasteiger partial charge is 0.0973 e. The predicted molar refractivity (Wildman–Crippen MR) is 115 cm³/mol. The Bertz CT molecular complexity index is 923.